The highest BCUT2D eigenvalue weighted by Crippen LogP contribution is 2.16. The second-order valence-corrected chi connectivity index (χ2v) is 5.33. The fourth-order valence-electron chi connectivity index (χ4n) is 2.45. The standard InChI is InChI=1S/C15H34N4O.HI/c1-7-13(8-2)14(19(4)5)12-18-15(16-3)17-10-9-11-20-6;/h13-14H,7-12H2,1-6H3,(H2,16,17,18);1H. The van der Waals surface area contributed by atoms with Gasteiger partial charge in [-0.1, -0.05) is 26.7 Å². The summed E-state index contributed by atoms with van der Waals surface area (Å²) in [6.45, 7) is 7.11. The van der Waals surface area contributed by atoms with Crippen molar-refractivity contribution in [1.29, 1.82) is 0 Å². The van der Waals surface area contributed by atoms with E-state index >= 15 is 0 Å². The van der Waals surface area contributed by atoms with Gasteiger partial charge in [0.1, 0.15) is 0 Å². The summed E-state index contributed by atoms with van der Waals surface area (Å²) in [5.41, 5.74) is 0. The third-order valence-corrected chi connectivity index (χ3v) is 3.78. The molecule has 5 nitrogen and oxygen atoms in total. The number of likely N-dealkylation sites (N-methyl/N-ethyl adjacent to an activating group) is 1. The van der Waals surface area contributed by atoms with Crippen molar-refractivity contribution >= 4 is 29.9 Å². The molecule has 0 radical (unpaired) electrons. The van der Waals surface area contributed by atoms with Gasteiger partial charge in [-0.15, -0.1) is 24.0 Å². The maximum Gasteiger partial charge on any atom is 0.191 e. The van der Waals surface area contributed by atoms with Crippen LogP contribution in [0, 0.1) is 5.92 Å². The number of guanidine groups is 1. The third kappa shape index (κ3) is 10.3. The van der Waals surface area contributed by atoms with Gasteiger partial charge in [-0.25, -0.2) is 0 Å². The highest BCUT2D eigenvalue weighted by molar-refractivity contribution is 14.0. The molecule has 0 fully saturated rings. The van der Waals surface area contributed by atoms with E-state index < -0.39 is 0 Å². The van der Waals surface area contributed by atoms with Gasteiger partial charge in [0.05, 0.1) is 0 Å². The minimum Gasteiger partial charge on any atom is -0.385 e. The van der Waals surface area contributed by atoms with Crippen LogP contribution in [-0.4, -0.2) is 64.9 Å². The van der Waals surface area contributed by atoms with Crippen molar-refractivity contribution in [1.82, 2.24) is 15.5 Å². The number of hydrogen-bond donors (Lipinski definition) is 2. The summed E-state index contributed by atoms with van der Waals surface area (Å²) >= 11 is 0. The average Bonchev–Trinajstić information content (AvgIpc) is 2.45. The van der Waals surface area contributed by atoms with Crippen LogP contribution in [0.1, 0.15) is 33.1 Å². The van der Waals surface area contributed by atoms with E-state index in [1.54, 1.807) is 7.11 Å². The molecule has 2 N–H and O–H groups in total. The summed E-state index contributed by atoms with van der Waals surface area (Å²) in [6, 6.07) is 0.530. The van der Waals surface area contributed by atoms with E-state index in [9.17, 15) is 0 Å². The van der Waals surface area contributed by atoms with E-state index in [0.29, 0.717) is 12.0 Å². The Labute approximate surface area is 148 Å². The van der Waals surface area contributed by atoms with Crippen molar-refractivity contribution in [3.05, 3.63) is 0 Å². The minimum absolute atomic E-state index is 0. The van der Waals surface area contributed by atoms with Crippen molar-refractivity contribution in [3.8, 4) is 0 Å². The first-order valence-corrected chi connectivity index (χ1v) is 7.70. The molecule has 0 rings (SSSR count). The maximum absolute atomic E-state index is 5.04. The predicted molar refractivity (Wildman–Crippen MR) is 103 cm³/mol. The molecule has 0 aromatic carbocycles. The molecule has 0 spiro atoms. The topological polar surface area (TPSA) is 48.9 Å². The summed E-state index contributed by atoms with van der Waals surface area (Å²) in [7, 11) is 7.84. The Morgan fingerprint density at radius 2 is 1.81 bits per heavy atom. The highest BCUT2D eigenvalue weighted by Gasteiger charge is 2.20. The van der Waals surface area contributed by atoms with Gasteiger partial charge in [0.25, 0.3) is 0 Å². The quantitative estimate of drug-likeness (QED) is 0.249. The maximum atomic E-state index is 5.04. The summed E-state index contributed by atoms with van der Waals surface area (Å²) in [5, 5.41) is 6.75. The lowest BCUT2D eigenvalue weighted by Crippen LogP contribution is -2.48. The molecule has 1 unspecified atom stereocenters. The van der Waals surface area contributed by atoms with Crippen molar-refractivity contribution in [3.63, 3.8) is 0 Å². The van der Waals surface area contributed by atoms with Crippen molar-refractivity contribution < 1.29 is 4.74 Å². The van der Waals surface area contributed by atoms with Crippen LogP contribution in [0.2, 0.25) is 0 Å². The van der Waals surface area contributed by atoms with Crippen LogP contribution >= 0.6 is 24.0 Å². The molecule has 128 valence electrons. The van der Waals surface area contributed by atoms with E-state index in [4.69, 9.17) is 4.74 Å². The Hall–Kier alpha value is -0.0800. The van der Waals surface area contributed by atoms with Crippen LogP contribution < -0.4 is 10.6 Å². The molecule has 0 amide bonds. The summed E-state index contributed by atoms with van der Waals surface area (Å²) in [5.74, 6) is 1.59. The second kappa shape index (κ2) is 14.8. The molecule has 0 saturated carbocycles. The van der Waals surface area contributed by atoms with Gasteiger partial charge in [0.2, 0.25) is 0 Å². The van der Waals surface area contributed by atoms with E-state index in [2.05, 4.69) is 48.5 Å². The van der Waals surface area contributed by atoms with Gasteiger partial charge in [-0.2, -0.15) is 0 Å². The molecule has 0 bridgehead atoms. The Kier molecular flexibility index (Phi) is 16.4. The number of nitrogens with zero attached hydrogens (tertiary/aromatic N) is 2. The number of halogens is 1. The van der Waals surface area contributed by atoms with E-state index in [0.717, 1.165) is 32.1 Å². The van der Waals surface area contributed by atoms with Crippen molar-refractivity contribution in [2.24, 2.45) is 10.9 Å². The zero-order valence-corrected chi connectivity index (χ0v) is 16.9. The molecule has 21 heavy (non-hydrogen) atoms. The van der Waals surface area contributed by atoms with E-state index in [1.807, 2.05) is 7.05 Å². The van der Waals surface area contributed by atoms with Gasteiger partial charge < -0.3 is 20.3 Å². The molecule has 0 aromatic rings. The first kappa shape index (κ1) is 23.2. The molecular weight excluding hydrogens is 379 g/mol. The Bertz CT molecular complexity index is 258. The molecule has 0 aliphatic rings. The number of rotatable bonds is 10. The number of aliphatic imine (C=N–C) groups is 1. The van der Waals surface area contributed by atoms with Crippen LogP contribution in [0.25, 0.3) is 0 Å². The Morgan fingerprint density at radius 1 is 1.19 bits per heavy atom. The number of ether oxygens (including phenoxy) is 1. The lowest BCUT2D eigenvalue weighted by Gasteiger charge is -2.32. The smallest absolute Gasteiger partial charge is 0.191 e. The van der Waals surface area contributed by atoms with Gasteiger partial charge >= 0.3 is 0 Å². The molecule has 0 aromatic heterocycles. The van der Waals surface area contributed by atoms with Gasteiger partial charge in [0, 0.05) is 39.9 Å². The lowest BCUT2D eigenvalue weighted by atomic mass is 9.93. The predicted octanol–water partition coefficient (Wildman–Crippen LogP) is 2.17. The normalized spacial score (nSPS) is 13.2. The molecule has 0 aliphatic carbocycles. The molecule has 0 heterocycles. The highest BCUT2D eigenvalue weighted by atomic mass is 127. The van der Waals surface area contributed by atoms with Crippen LogP contribution in [0.3, 0.4) is 0 Å². The SMILES string of the molecule is CCC(CC)C(CNC(=NC)NCCCOC)N(C)C.I. The first-order valence-electron chi connectivity index (χ1n) is 7.70. The van der Waals surface area contributed by atoms with Crippen LogP contribution in [0.5, 0.6) is 0 Å². The molecule has 0 saturated heterocycles. The Morgan fingerprint density at radius 3 is 2.24 bits per heavy atom. The summed E-state index contributed by atoms with van der Waals surface area (Å²) < 4.78 is 5.04. The van der Waals surface area contributed by atoms with Crippen molar-refractivity contribution in [2.75, 3.05) is 47.9 Å². The molecular formula is C15H35IN4O. The van der Waals surface area contributed by atoms with Crippen LogP contribution in [0.4, 0.5) is 0 Å². The first-order chi connectivity index (χ1) is 9.60. The van der Waals surface area contributed by atoms with Crippen LogP contribution in [-0.2, 0) is 4.74 Å². The Balaban J connectivity index is 0. The fraction of sp³-hybridized carbons (Fsp3) is 0.933. The largest absolute Gasteiger partial charge is 0.385 e. The summed E-state index contributed by atoms with van der Waals surface area (Å²) in [6.07, 6.45) is 3.41. The average molecular weight is 414 g/mol. The van der Waals surface area contributed by atoms with Gasteiger partial charge in [-0.05, 0) is 26.4 Å². The second-order valence-electron chi connectivity index (χ2n) is 5.33. The number of methoxy groups -OCH3 is 1. The zero-order chi connectivity index (χ0) is 15.4. The molecule has 0 aliphatic heterocycles. The number of hydrogen-bond acceptors (Lipinski definition) is 3. The zero-order valence-electron chi connectivity index (χ0n) is 14.6. The monoisotopic (exact) mass is 414 g/mol. The van der Waals surface area contributed by atoms with Crippen LogP contribution in [0.15, 0.2) is 4.99 Å². The van der Waals surface area contributed by atoms with Gasteiger partial charge in [-0.3, -0.25) is 4.99 Å². The lowest BCUT2D eigenvalue weighted by molar-refractivity contribution is 0.195. The van der Waals surface area contributed by atoms with Gasteiger partial charge in [0.15, 0.2) is 5.96 Å². The van der Waals surface area contributed by atoms with E-state index in [1.165, 1.54) is 12.8 Å². The molecule has 1 atom stereocenters. The summed E-state index contributed by atoms with van der Waals surface area (Å²) in [4.78, 5) is 6.57. The third-order valence-electron chi connectivity index (χ3n) is 3.78. The molecule has 6 heteroatoms. The number of nitrogens with one attached hydrogen (secondary N) is 2. The fourth-order valence-corrected chi connectivity index (χ4v) is 2.45. The van der Waals surface area contributed by atoms with Crippen molar-refractivity contribution in [2.45, 2.75) is 39.2 Å². The van der Waals surface area contributed by atoms with E-state index in [-0.39, 0.29) is 24.0 Å². The minimum atomic E-state index is 0.